The van der Waals surface area contributed by atoms with Crippen LogP contribution in [0.25, 0.3) is 11.0 Å². The van der Waals surface area contributed by atoms with Crippen molar-refractivity contribution < 1.29 is 9.53 Å². The van der Waals surface area contributed by atoms with Gasteiger partial charge in [-0.25, -0.2) is 4.98 Å². The van der Waals surface area contributed by atoms with Gasteiger partial charge >= 0.3 is 0 Å². The standard InChI is InChI=1S/C20H25N3O2/c1-19(2)10-23(11-20(25-19)9-13-3-5-15(20)7-13)18(24)14-4-6-16-17(8-14)22-12-21-16/h4,6,8,12-13,15H,3,5,7,9-11H2,1-2H3,(H,21,22)/t13-,15+,20+/m1/s1. The first-order valence-electron chi connectivity index (χ1n) is 9.37. The number of aromatic amines is 1. The second kappa shape index (κ2) is 5.07. The van der Waals surface area contributed by atoms with Gasteiger partial charge in [-0.2, -0.15) is 0 Å². The maximum absolute atomic E-state index is 13.2. The minimum Gasteiger partial charge on any atom is -0.365 e. The highest BCUT2D eigenvalue weighted by molar-refractivity contribution is 5.97. The first kappa shape index (κ1) is 15.4. The summed E-state index contributed by atoms with van der Waals surface area (Å²) in [5.74, 6) is 1.51. The number of rotatable bonds is 1. The number of imidazole rings is 1. The molecule has 1 amide bonds. The average molecular weight is 339 g/mol. The summed E-state index contributed by atoms with van der Waals surface area (Å²) in [6, 6.07) is 5.72. The smallest absolute Gasteiger partial charge is 0.254 e. The van der Waals surface area contributed by atoms with Crippen LogP contribution in [0.4, 0.5) is 0 Å². The molecule has 3 fully saturated rings. The fraction of sp³-hybridized carbons (Fsp3) is 0.600. The number of carbonyl (C=O) groups excluding carboxylic acids is 1. The molecule has 1 aromatic heterocycles. The molecule has 1 N–H and O–H groups in total. The molecular formula is C20H25N3O2. The number of morpholine rings is 1. The number of fused-ring (bicyclic) bond motifs is 4. The van der Waals surface area contributed by atoms with Crippen LogP contribution >= 0.6 is 0 Å². The lowest BCUT2D eigenvalue weighted by molar-refractivity contribution is -0.208. The van der Waals surface area contributed by atoms with Crippen molar-refractivity contribution in [1.29, 1.82) is 0 Å². The third-order valence-corrected chi connectivity index (χ3v) is 6.38. The van der Waals surface area contributed by atoms with Gasteiger partial charge in [0.2, 0.25) is 0 Å². The van der Waals surface area contributed by atoms with E-state index in [9.17, 15) is 4.79 Å². The molecule has 0 unspecified atom stereocenters. The fourth-order valence-corrected chi connectivity index (χ4v) is 5.56. The molecule has 132 valence electrons. The van der Waals surface area contributed by atoms with E-state index in [-0.39, 0.29) is 17.1 Å². The van der Waals surface area contributed by atoms with Crippen LogP contribution in [0.15, 0.2) is 24.5 Å². The van der Waals surface area contributed by atoms with Crippen LogP contribution in [0.2, 0.25) is 0 Å². The molecule has 1 aromatic carbocycles. The highest BCUT2D eigenvalue weighted by Crippen LogP contribution is 2.55. The van der Waals surface area contributed by atoms with Gasteiger partial charge in [-0.3, -0.25) is 4.79 Å². The molecule has 25 heavy (non-hydrogen) atoms. The van der Waals surface area contributed by atoms with Gasteiger partial charge in [0.15, 0.2) is 0 Å². The Morgan fingerprint density at radius 1 is 1.32 bits per heavy atom. The number of carbonyl (C=O) groups is 1. The number of hydrogen-bond donors (Lipinski definition) is 1. The molecule has 1 spiro atoms. The Morgan fingerprint density at radius 3 is 2.96 bits per heavy atom. The number of benzene rings is 1. The highest BCUT2D eigenvalue weighted by Gasteiger charge is 2.57. The van der Waals surface area contributed by atoms with Crippen molar-refractivity contribution in [3.05, 3.63) is 30.1 Å². The predicted octanol–water partition coefficient (Wildman–Crippen LogP) is 3.37. The summed E-state index contributed by atoms with van der Waals surface area (Å²) in [5.41, 5.74) is 2.11. The number of amides is 1. The van der Waals surface area contributed by atoms with E-state index in [2.05, 4.69) is 23.8 Å². The molecule has 3 aliphatic rings. The Hall–Kier alpha value is -1.88. The number of H-pyrrole nitrogens is 1. The molecule has 2 aliphatic carbocycles. The van der Waals surface area contributed by atoms with Gasteiger partial charge in [-0.05, 0) is 69.6 Å². The van der Waals surface area contributed by atoms with Crippen molar-refractivity contribution >= 4 is 16.9 Å². The summed E-state index contributed by atoms with van der Waals surface area (Å²) in [6.07, 6.45) is 6.65. The Bertz CT molecular complexity index is 842. The molecule has 0 radical (unpaired) electrons. The maximum atomic E-state index is 13.2. The number of nitrogens with zero attached hydrogens (tertiary/aromatic N) is 2. The number of ether oxygens (including phenoxy) is 1. The molecule has 1 saturated heterocycles. The van der Waals surface area contributed by atoms with Crippen molar-refractivity contribution in [2.24, 2.45) is 11.8 Å². The van der Waals surface area contributed by atoms with Gasteiger partial charge in [0.25, 0.3) is 5.91 Å². The van der Waals surface area contributed by atoms with Crippen molar-refractivity contribution in [3.8, 4) is 0 Å². The quantitative estimate of drug-likeness (QED) is 0.866. The van der Waals surface area contributed by atoms with Crippen LogP contribution in [0.3, 0.4) is 0 Å². The van der Waals surface area contributed by atoms with Crippen LogP contribution in [0.1, 0.15) is 49.9 Å². The maximum Gasteiger partial charge on any atom is 0.254 e. The zero-order valence-corrected chi connectivity index (χ0v) is 14.9. The molecule has 2 aromatic rings. The summed E-state index contributed by atoms with van der Waals surface area (Å²) in [7, 11) is 0. The Morgan fingerprint density at radius 2 is 2.20 bits per heavy atom. The molecule has 2 saturated carbocycles. The van der Waals surface area contributed by atoms with Crippen molar-refractivity contribution in [3.63, 3.8) is 0 Å². The second-order valence-corrected chi connectivity index (χ2v) is 8.80. The van der Waals surface area contributed by atoms with Gasteiger partial charge in [-0.1, -0.05) is 0 Å². The van der Waals surface area contributed by atoms with Crippen LogP contribution in [-0.2, 0) is 4.74 Å². The summed E-state index contributed by atoms with van der Waals surface area (Å²) >= 11 is 0. The lowest BCUT2D eigenvalue weighted by Gasteiger charge is -2.52. The zero-order valence-electron chi connectivity index (χ0n) is 14.9. The predicted molar refractivity (Wildman–Crippen MR) is 95.3 cm³/mol. The van der Waals surface area contributed by atoms with E-state index < -0.39 is 0 Å². The molecule has 2 bridgehead atoms. The van der Waals surface area contributed by atoms with E-state index in [1.165, 1.54) is 19.3 Å². The zero-order chi connectivity index (χ0) is 17.2. The molecule has 2 heterocycles. The van der Waals surface area contributed by atoms with Gasteiger partial charge < -0.3 is 14.6 Å². The van der Waals surface area contributed by atoms with Crippen LogP contribution in [0, 0.1) is 11.8 Å². The van der Waals surface area contributed by atoms with E-state index in [1.807, 2.05) is 23.1 Å². The third kappa shape index (κ3) is 2.40. The van der Waals surface area contributed by atoms with Gasteiger partial charge in [0.05, 0.1) is 35.1 Å². The number of aromatic nitrogens is 2. The lowest BCUT2D eigenvalue weighted by Crippen LogP contribution is -2.62. The second-order valence-electron chi connectivity index (χ2n) is 8.80. The minimum absolute atomic E-state index is 0.107. The molecule has 5 rings (SSSR count). The SMILES string of the molecule is CC1(C)CN(C(=O)c2ccc3nc[nH]c3c2)C[C@]2(C[C@@H]3CC[C@H]2C3)O1. The van der Waals surface area contributed by atoms with E-state index in [4.69, 9.17) is 4.74 Å². The van der Waals surface area contributed by atoms with E-state index in [0.717, 1.165) is 35.5 Å². The summed E-state index contributed by atoms with van der Waals surface area (Å²) in [6.45, 7) is 5.62. The number of nitrogens with one attached hydrogen (secondary N) is 1. The van der Waals surface area contributed by atoms with Crippen molar-refractivity contribution in [1.82, 2.24) is 14.9 Å². The Kier molecular flexibility index (Phi) is 3.12. The van der Waals surface area contributed by atoms with E-state index in [1.54, 1.807) is 6.33 Å². The highest BCUT2D eigenvalue weighted by atomic mass is 16.5. The van der Waals surface area contributed by atoms with E-state index in [0.29, 0.717) is 12.5 Å². The summed E-state index contributed by atoms with van der Waals surface area (Å²) in [5, 5.41) is 0. The van der Waals surface area contributed by atoms with Crippen LogP contribution < -0.4 is 0 Å². The van der Waals surface area contributed by atoms with Gasteiger partial charge in [-0.15, -0.1) is 0 Å². The monoisotopic (exact) mass is 339 g/mol. The molecule has 5 nitrogen and oxygen atoms in total. The molecule has 1 aliphatic heterocycles. The van der Waals surface area contributed by atoms with Crippen LogP contribution in [0.5, 0.6) is 0 Å². The third-order valence-electron chi connectivity index (χ3n) is 6.38. The lowest BCUT2D eigenvalue weighted by atomic mass is 9.81. The fourth-order valence-electron chi connectivity index (χ4n) is 5.56. The average Bonchev–Trinajstić information content (AvgIpc) is 3.26. The summed E-state index contributed by atoms with van der Waals surface area (Å²) in [4.78, 5) is 22.6. The Balaban J connectivity index is 1.46. The minimum atomic E-state index is -0.295. The Labute approximate surface area is 147 Å². The topological polar surface area (TPSA) is 58.2 Å². The van der Waals surface area contributed by atoms with Gasteiger partial charge in [0.1, 0.15) is 0 Å². The van der Waals surface area contributed by atoms with Gasteiger partial charge in [0, 0.05) is 12.1 Å². The van der Waals surface area contributed by atoms with E-state index >= 15 is 0 Å². The first-order chi connectivity index (χ1) is 11.9. The largest absolute Gasteiger partial charge is 0.365 e. The van der Waals surface area contributed by atoms with Crippen molar-refractivity contribution in [2.45, 2.75) is 50.7 Å². The molecule has 3 atom stereocenters. The number of hydrogen-bond acceptors (Lipinski definition) is 3. The van der Waals surface area contributed by atoms with Crippen LogP contribution in [-0.4, -0.2) is 45.1 Å². The molecule has 5 heteroatoms. The molecular weight excluding hydrogens is 314 g/mol. The first-order valence-corrected chi connectivity index (χ1v) is 9.37. The normalized spacial score (nSPS) is 33.4. The van der Waals surface area contributed by atoms with Crippen molar-refractivity contribution in [2.75, 3.05) is 13.1 Å². The summed E-state index contributed by atoms with van der Waals surface area (Å²) < 4.78 is 6.62.